The predicted molar refractivity (Wildman–Crippen MR) is 73.5 cm³/mol. The summed E-state index contributed by atoms with van der Waals surface area (Å²) in [7, 11) is 0. The summed E-state index contributed by atoms with van der Waals surface area (Å²) < 4.78 is 0. The smallest absolute Gasteiger partial charge is 0.269 e. The van der Waals surface area contributed by atoms with Gasteiger partial charge in [0.25, 0.3) is 11.6 Å². The van der Waals surface area contributed by atoms with Gasteiger partial charge in [0.2, 0.25) is 0 Å². The van der Waals surface area contributed by atoms with Crippen LogP contribution in [0.2, 0.25) is 5.02 Å². The van der Waals surface area contributed by atoms with E-state index in [2.05, 4.69) is 10.3 Å². The summed E-state index contributed by atoms with van der Waals surface area (Å²) in [5, 5.41) is 13.5. The van der Waals surface area contributed by atoms with E-state index in [0.717, 1.165) is 5.56 Å². The van der Waals surface area contributed by atoms with Gasteiger partial charge in [-0.25, -0.2) is 0 Å². The van der Waals surface area contributed by atoms with E-state index in [0.29, 0.717) is 5.56 Å². The number of halogens is 1. The maximum absolute atomic E-state index is 11.9. The fraction of sp³-hybridized carbons (Fsp3) is 0.0769. The van der Waals surface area contributed by atoms with Gasteiger partial charge in [0.05, 0.1) is 15.5 Å². The summed E-state index contributed by atoms with van der Waals surface area (Å²) in [5.74, 6) is -0.323. The van der Waals surface area contributed by atoms with Crippen molar-refractivity contribution in [2.75, 3.05) is 0 Å². The van der Waals surface area contributed by atoms with E-state index in [1.165, 1.54) is 30.6 Å². The summed E-state index contributed by atoms with van der Waals surface area (Å²) >= 11 is 5.86. The molecule has 1 N–H and O–H groups in total. The van der Waals surface area contributed by atoms with Crippen molar-refractivity contribution in [3.8, 4) is 0 Å². The summed E-state index contributed by atoms with van der Waals surface area (Å²) in [6, 6.07) is 7.48. The molecule has 0 unspecified atom stereocenters. The minimum Gasteiger partial charge on any atom is -0.348 e. The summed E-state index contributed by atoms with van der Waals surface area (Å²) in [5.41, 5.74) is 1.11. The van der Waals surface area contributed by atoms with Crippen LogP contribution in [0, 0.1) is 10.1 Å². The molecule has 0 aliphatic carbocycles. The second kappa shape index (κ2) is 6.12. The van der Waals surface area contributed by atoms with E-state index in [9.17, 15) is 14.9 Å². The first-order valence-corrected chi connectivity index (χ1v) is 6.07. The molecule has 7 heteroatoms. The Morgan fingerprint density at radius 3 is 2.60 bits per heavy atom. The second-order valence-corrected chi connectivity index (χ2v) is 4.37. The van der Waals surface area contributed by atoms with Gasteiger partial charge >= 0.3 is 0 Å². The molecule has 0 aliphatic rings. The average molecular weight is 292 g/mol. The zero-order chi connectivity index (χ0) is 14.5. The fourth-order valence-electron chi connectivity index (χ4n) is 1.57. The van der Waals surface area contributed by atoms with E-state index in [1.54, 1.807) is 12.1 Å². The Hall–Kier alpha value is -2.47. The molecule has 20 heavy (non-hydrogen) atoms. The first kappa shape index (κ1) is 14.0. The first-order chi connectivity index (χ1) is 9.58. The summed E-state index contributed by atoms with van der Waals surface area (Å²) in [6.45, 7) is 0.259. The second-order valence-electron chi connectivity index (χ2n) is 3.96. The largest absolute Gasteiger partial charge is 0.348 e. The third-order valence-corrected chi connectivity index (χ3v) is 2.92. The van der Waals surface area contributed by atoms with Crippen LogP contribution in [0.25, 0.3) is 0 Å². The minimum absolute atomic E-state index is 0.0113. The van der Waals surface area contributed by atoms with Gasteiger partial charge in [-0.2, -0.15) is 0 Å². The van der Waals surface area contributed by atoms with Gasteiger partial charge < -0.3 is 5.32 Å². The van der Waals surface area contributed by atoms with Crippen LogP contribution in [0.4, 0.5) is 5.69 Å². The Morgan fingerprint density at radius 2 is 2.00 bits per heavy atom. The van der Waals surface area contributed by atoms with Gasteiger partial charge in [-0.1, -0.05) is 23.7 Å². The number of amides is 1. The lowest BCUT2D eigenvalue weighted by atomic mass is 10.2. The van der Waals surface area contributed by atoms with Gasteiger partial charge in [-0.3, -0.25) is 19.9 Å². The molecule has 0 bridgehead atoms. The predicted octanol–water partition coefficient (Wildman–Crippen LogP) is 2.57. The number of nitrogens with zero attached hydrogens (tertiary/aromatic N) is 2. The number of non-ortho nitro benzene ring substituents is 1. The lowest BCUT2D eigenvalue weighted by Gasteiger charge is -2.06. The molecule has 1 amide bonds. The van der Waals surface area contributed by atoms with Crippen molar-refractivity contribution < 1.29 is 9.72 Å². The molecule has 6 nitrogen and oxygen atoms in total. The van der Waals surface area contributed by atoms with E-state index < -0.39 is 4.92 Å². The fourth-order valence-corrected chi connectivity index (χ4v) is 1.78. The van der Waals surface area contributed by atoms with Crippen LogP contribution in [0.3, 0.4) is 0 Å². The van der Waals surface area contributed by atoms with Gasteiger partial charge in [-0.15, -0.1) is 0 Å². The zero-order valence-electron chi connectivity index (χ0n) is 10.2. The number of hydrogen-bond acceptors (Lipinski definition) is 4. The molecule has 1 aromatic carbocycles. The molecule has 2 aromatic rings. The van der Waals surface area contributed by atoms with Gasteiger partial charge in [0.15, 0.2) is 0 Å². The normalized spacial score (nSPS) is 10.1. The molecule has 102 valence electrons. The molecule has 2 rings (SSSR count). The van der Waals surface area contributed by atoms with E-state index >= 15 is 0 Å². The van der Waals surface area contributed by atoms with Crippen molar-refractivity contribution in [3.05, 3.63) is 69.0 Å². The molecule has 0 aliphatic heterocycles. The number of nitrogens with one attached hydrogen (secondary N) is 1. The lowest BCUT2D eigenvalue weighted by molar-refractivity contribution is -0.384. The Bertz CT molecular complexity index is 644. The van der Waals surface area contributed by atoms with Crippen LogP contribution in [0.5, 0.6) is 0 Å². The SMILES string of the molecule is O=C(NCc1ccc([N+](=O)[O-])cc1)c1ccncc1Cl. The third-order valence-electron chi connectivity index (χ3n) is 2.62. The minimum atomic E-state index is -0.473. The van der Waals surface area contributed by atoms with Crippen molar-refractivity contribution in [1.82, 2.24) is 10.3 Å². The number of carbonyl (C=O) groups excluding carboxylic acids is 1. The van der Waals surface area contributed by atoms with Crippen molar-refractivity contribution >= 4 is 23.2 Å². The number of pyridine rings is 1. The van der Waals surface area contributed by atoms with Crippen molar-refractivity contribution in [2.24, 2.45) is 0 Å². The van der Waals surface area contributed by atoms with Crippen molar-refractivity contribution in [3.63, 3.8) is 0 Å². The van der Waals surface area contributed by atoms with Gasteiger partial charge in [0, 0.05) is 31.1 Å². The topological polar surface area (TPSA) is 85.1 Å². The molecular weight excluding hydrogens is 282 g/mol. The van der Waals surface area contributed by atoms with Crippen LogP contribution in [-0.2, 0) is 6.54 Å². The molecular formula is C13H10ClN3O3. The molecule has 0 radical (unpaired) electrons. The Morgan fingerprint density at radius 1 is 1.30 bits per heavy atom. The molecule has 0 fully saturated rings. The quantitative estimate of drug-likeness (QED) is 0.693. The Balaban J connectivity index is 2.00. The summed E-state index contributed by atoms with van der Waals surface area (Å²) in [4.78, 5) is 25.7. The maximum Gasteiger partial charge on any atom is 0.269 e. The maximum atomic E-state index is 11.9. The van der Waals surface area contributed by atoms with E-state index in [1.807, 2.05) is 0 Å². The zero-order valence-corrected chi connectivity index (χ0v) is 11.0. The number of carbonyl (C=O) groups is 1. The van der Waals surface area contributed by atoms with Crippen LogP contribution >= 0.6 is 11.6 Å². The Kier molecular flexibility index (Phi) is 4.27. The van der Waals surface area contributed by atoms with Crippen LogP contribution in [0.1, 0.15) is 15.9 Å². The molecule has 0 saturated carbocycles. The standard InChI is InChI=1S/C13H10ClN3O3/c14-12-8-15-6-5-11(12)13(18)16-7-9-1-3-10(4-2-9)17(19)20/h1-6,8H,7H2,(H,16,18). The first-order valence-electron chi connectivity index (χ1n) is 5.69. The third kappa shape index (κ3) is 3.30. The molecule has 0 spiro atoms. The van der Waals surface area contributed by atoms with Crippen molar-refractivity contribution in [1.29, 1.82) is 0 Å². The van der Waals surface area contributed by atoms with Crippen LogP contribution in [0.15, 0.2) is 42.7 Å². The molecule has 0 saturated heterocycles. The summed E-state index contributed by atoms with van der Waals surface area (Å²) in [6.07, 6.45) is 2.87. The van der Waals surface area contributed by atoms with Crippen molar-refractivity contribution in [2.45, 2.75) is 6.54 Å². The highest BCUT2D eigenvalue weighted by atomic mass is 35.5. The molecule has 1 aromatic heterocycles. The monoisotopic (exact) mass is 291 g/mol. The molecule has 1 heterocycles. The number of aromatic nitrogens is 1. The van der Waals surface area contributed by atoms with Crippen LogP contribution < -0.4 is 5.32 Å². The van der Waals surface area contributed by atoms with E-state index in [-0.39, 0.29) is 23.2 Å². The van der Waals surface area contributed by atoms with Gasteiger partial charge in [0.1, 0.15) is 0 Å². The molecule has 0 atom stereocenters. The number of nitro benzene ring substituents is 1. The van der Waals surface area contributed by atoms with Gasteiger partial charge in [-0.05, 0) is 11.6 Å². The highest BCUT2D eigenvalue weighted by Gasteiger charge is 2.10. The average Bonchev–Trinajstić information content (AvgIpc) is 2.45. The number of benzene rings is 1. The lowest BCUT2D eigenvalue weighted by Crippen LogP contribution is -2.23. The Labute approximate surface area is 119 Å². The highest BCUT2D eigenvalue weighted by molar-refractivity contribution is 6.33. The van der Waals surface area contributed by atoms with Crippen LogP contribution in [-0.4, -0.2) is 15.8 Å². The number of rotatable bonds is 4. The van der Waals surface area contributed by atoms with E-state index in [4.69, 9.17) is 11.6 Å². The number of hydrogen-bond donors (Lipinski definition) is 1. The number of nitro groups is 1. The highest BCUT2D eigenvalue weighted by Crippen LogP contribution is 2.14.